The number of nitrogens with one attached hydrogen (secondary N) is 1. The molecule has 7 heteroatoms. The lowest BCUT2D eigenvalue weighted by Gasteiger charge is -2.08. The minimum absolute atomic E-state index is 0.301. The van der Waals surface area contributed by atoms with Gasteiger partial charge in [0.25, 0.3) is 10.0 Å². The fourth-order valence-electron chi connectivity index (χ4n) is 1.44. The van der Waals surface area contributed by atoms with E-state index >= 15 is 0 Å². The Morgan fingerprint density at radius 1 is 1.22 bits per heavy atom. The van der Waals surface area contributed by atoms with Crippen LogP contribution in [0.4, 0.5) is 5.69 Å². The van der Waals surface area contributed by atoms with Crippen molar-refractivity contribution in [3.8, 4) is 0 Å². The van der Waals surface area contributed by atoms with E-state index in [0.717, 1.165) is 8.66 Å². The molecule has 1 heterocycles. The molecule has 0 radical (unpaired) electrons. The zero-order valence-corrected chi connectivity index (χ0v) is 14.1. The van der Waals surface area contributed by atoms with Crippen molar-refractivity contribution >= 4 is 58.9 Å². The molecule has 0 aliphatic carbocycles. The number of halogens is 2. The molecular formula is C11H9Br2NO2S2. The SMILES string of the molecule is Cc1sc(Br)cc1S(=O)(=O)Nc1ccccc1Br. The average Bonchev–Trinajstić information content (AvgIpc) is 2.62. The molecule has 0 saturated heterocycles. The molecule has 1 aromatic heterocycles. The predicted octanol–water partition coefficient (Wildman–Crippen LogP) is 4.38. The number of thiophene rings is 1. The van der Waals surface area contributed by atoms with Crippen LogP contribution in [0.5, 0.6) is 0 Å². The summed E-state index contributed by atoms with van der Waals surface area (Å²) in [5.74, 6) is 0. The maximum atomic E-state index is 12.2. The van der Waals surface area contributed by atoms with Crippen LogP contribution in [0.15, 0.2) is 43.5 Å². The highest BCUT2D eigenvalue weighted by Crippen LogP contribution is 2.32. The van der Waals surface area contributed by atoms with Crippen LogP contribution in [0.2, 0.25) is 0 Å². The number of benzene rings is 1. The Kier molecular flexibility index (Phi) is 4.15. The molecule has 1 N–H and O–H groups in total. The van der Waals surface area contributed by atoms with Crippen molar-refractivity contribution in [2.75, 3.05) is 4.72 Å². The van der Waals surface area contributed by atoms with E-state index in [1.807, 2.05) is 6.07 Å². The van der Waals surface area contributed by atoms with Gasteiger partial charge in [-0.1, -0.05) is 12.1 Å². The summed E-state index contributed by atoms with van der Waals surface area (Å²) in [6.07, 6.45) is 0. The van der Waals surface area contributed by atoms with Gasteiger partial charge < -0.3 is 0 Å². The standard InChI is InChI=1S/C11H9Br2NO2S2/c1-7-10(6-11(13)17-7)18(15,16)14-9-5-3-2-4-8(9)12/h2-6,14H,1H3. The van der Waals surface area contributed by atoms with E-state index < -0.39 is 10.0 Å². The third-order valence-electron chi connectivity index (χ3n) is 2.25. The van der Waals surface area contributed by atoms with E-state index in [1.54, 1.807) is 31.2 Å². The van der Waals surface area contributed by atoms with Crippen LogP contribution < -0.4 is 4.72 Å². The van der Waals surface area contributed by atoms with Crippen LogP contribution >= 0.6 is 43.2 Å². The lowest BCUT2D eigenvalue weighted by Crippen LogP contribution is -2.13. The molecule has 0 aliphatic rings. The number of anilines is 1. The molecule has 0 saturated carbocycles. The summed E-state index contributed by atoms with van der Waals surface area (Å²) >= 11 is 8.00. The first kappa shape index (κ1) is 14.0. The molecule has 0 fully saturated rings. The monoisotopic (exact) mass is 409 g/mol. The van der Waals surface area contributed by atoms with E-state index in [0.29, 0.717) is 15.1 Å². The third kappa shape index (κ3) is 2.96. The second kappa shape index (κ2) is 5.32. The van der Waals surface area contributed by atoms with Gasteiger partial charge in [-0.3, -0.25) is 4.72 Å². The van der Waals surface area contributed by atoms with Gasteiger partial charge in [-0.15, -0.1) is 11.3 Å². The molecule has 2 rings (SSSR count). The number of aryl methyl sites for hydroxylation is 1. The van der Waals surface area contributed by atoms with Gasteiger partial charge in [0.2, 0.25) is 0 Å². The quantitative estimate of drug-likeness (QED) is 0.815. The summed E-state index contributed by atoms with van der Waals surface area (Å²) in [4.78, 5) is 1.05. The maximum Gasteiger partial charge on any atom is 0.263 e. The van der Waals surface area contributed by atoms with E-state index in [9.17, 15) is 8.42 Å². The second-order valence-corrected chi connectivity index (χ2v) is 8.70. The summed E-state index contributed by atoms with van der Waals surface area (Å²) in [5.41, 5.74) is 0.527. The number of hydrogen-bond acceptors (Lipinski definition) is 3. The smallest absolute Gasteiger partial charge is 0.263 e. The van der Waals surface area contributed by atoms with Crippen LogP contribution in [0, 0.1) is 6.92 Å². The van der Waals surface area contributed by atoms with Crippen molar-refractivity contribution in [2.45, 2.75) is 11.8 Å². The molecule has 0 spiro atoms. The topological polar surface area (TPSA) is 46.2 Å². The van der Waals surface area contributed by atoms with Crippen molar-refractivity contribution in [3.05, 3.63) is 43.5 Å². The molecule has 96 valence electrons. The average molecular weight is 411 g/mol. The number of sulfonamides is 1. The Labute approximate surface area is 127 Å². The van der Waals surface area contributed by atoms with Crippen LogP contribution in [0.25, 0.3) is 0 Å². The van der Waals surface area contributed by atoms with Crippen LogP contribution in [0.1, 0.15) is 4.88 Å². The first-order valence-corrected chi connectivity index (χ1v) is 8.82. The van der Waals surface area contributed by atoms with Gasteiger partial charge in [-0.2, -0.15) is 0 Å². The van der Waals surface area contributed by atoms with Crippen LogP contribution in [-0.2, 0) is 10.0 Å². The van der Waals surface area contributed by atoms with Gasteiger partial charge in [0.1, 0.15) is 4.90 Å². The summed E-state index contributed by atoms with van der Waals surface area (Å²) in [6.45, 7) is 1.78. The summed E-state index contributed by atoms with van der Waals surface area (Å²) in [6, 6.07) is 8.71. The van der Waals surface area contributed by atoms with Crippen molar-refractivity contribution in [3.63, 3.8) is 0 Å². The number of hydrogen-bond donors (Lipinski definition) is 1. The number of rotatable bonds is 3. The summed E-state index contributed by atoms with van der Waals surface area (Å²) < 4.78 is 28.6. The highest BCUT2D eigenvalue weighted by Gasteiger charge is 2.20. The zero-order valence-electron chi connectivity index (χ0n) is 9.28. The zero-order chi connectivity index (χ0) is 13.3. The van der Waals surface area contributed by atoms with Crippen molar-refractivity contribution in [2.24, 2.45) is 0 Å². The van der Waals surface area contributed by atoms with Gasteiger partial charge in [0.05, 0.1) is 9.47 Å². The van der Waals surface area contributed by atoms with Crippen molar-refractivity contribution in [1.82, 2.24) is 0 Å². The summed E-state index contributed by atoms with van der Waals surface area (Å²) in [5, 5.41) is 0. The van der Waals surface area contributed by atoms with E-state index in [-0.39, 0.29) is 0 Å². The highest BCUT2D eigenvalue weighted by molar-refractivity contribution is 9.11. The molecule has 0 amide bonds. The first-order chi connectivity index (χ1) is 8.40. The molecule has 2 aromatic rings. The number of para-hydroxylation sites is 1. The fraction of sp³-hybridized carbons (Fsp3) is 0.0909. The third-order valence-corrected chi connectivity index (χ3v) is 6.12. The normalized spacial score (nSPS) is 11.5. The van der Waals surface area contributed by atoms with E-state index in [1.165, 1.54) is 11.3 Å². The maximum absolute atomic E-state index is 12.2. The Balaban J connectivity index is 2.40. The largest absolute Gasteiger partial charge is 0.278 e. The van der Waals surface area contributed by atoms with Crippen molar-refractivity contribution in [1.29, 1.82) is 0 Å². The molecule has 1 aromatic carbocycles. The van der Waals surface area contributed by atoms with Gasteiger partial charge in [0.15, 0.2) is 0 Å². The first-order valence-electron chi connectivity index (χ1n) is 4.93. The molecule has 0 bridgehead atoms. The van der Waals surface area contributed by atoms with Gasteiger partial charge in [0, 0.05) is 9.35 Å². The Morgan fingerprint density at radius 3 is 2.44 bits per heavy atom. The minimum atomic E-state index is -3.55. The predicted molar refractivity (Wildman–Crippen MR) is 81.7 cm³/mol. The van der Waals surface area contributed by atoms with E-state index in [4.69, 9.17) is 0 Å². The molecule has 0 aliphatic heterocycles. The lowest BCUT2D eigenvalue weighted by molar-refractivity contribution is 0.601. The minimum Gasteiger partial charge on any atom is -0.278 e. The molecular weight excluding hydrogens is 402 g/mol. The van der Waals surface area contributed by atoms with Crippen LogP contribution in [0.3, 0.4) is 0 Å². The lowest BCUT2D eigenvalue weighted by atomic mass is 10.3. The highest BCUT2D eigenvalue weighted by atomic mass is 79.9. The van der Waals surface area contributed by atoms with Crippen molar-refractivity contribution < 1.29 is 8.42 Å². The van der Waals surface area contributed by atoms with E-state index in [2.05, 4.69) is 36.6 Å². The van der Waals surface area contributed by atoms with Gasteiger partial charge in [-0.05, 0) is 57.0 Å². The van der Waals surface area contributed by atoms with Gasteiger partial charge in [-0.25, -0.2) is 8.42 Å². The Hall–Kier alpha value is -0.370. The second-order valence-electron chi connectivity index (χ2n) is 3.56. The summed E-state index contributed by atoms with van der Waals surface area (Å²) in [7, 11) is -3.55. The molecule has 0 atom stereocenters. The molecule has 18 heavy (non-hydrogen) atoms. The van der Waals surface area contributed by atoms with Crippen LogP contribution in [-0.4, -0.2) is 8.42 Å². The fourth-order valence-corrected chi connectivity index (χ4v) is 5.45. The Morgan fingerprint density at radius 2 is 1.89 bits per heavy atom. The molecule has 0 unspecified atom stereocenters. The molecule has 3 nitrogen and oxygen atoms in total. The van der Waals surface area contributed by atoms with Gasteiger partial charge >= 0.3 is 0 Å². The Bertz CT molecular complexity index is 680.